The van der Waals surface area contributed by atoms with Crippen molar-refractivity contribution in [3.63, 3.8) is 0 Å². The SMILES string of the molecule is COC(=O)C1(C(O)COCc2ccccc2)CC(N(Cc2ccccc2)Cc2ccccc2)C1. The Hall–Kier alpha value is -2.99. The lowest BCUT2D eigenvalue weighted by atomic mass is 9.61. The number of nitrogens with zero attached hydrogens (tertiary/aromatic N) is 1. The molecule has 0 bridgehead atoms. The Morgan fingerprint density at radius 2 is 1.35 bits per heavy atom. The first kappa shape index (κ1) is 24.1. The van der Waals surface area contributed by atoms with Crippen molar-refractivity contribution >= 4 is 5.97 Å². The maximum Gasteiger partial charge on any atom is 0.314 e. The average Bonchev–Trinajstić information content (AvgIpc) is 2.85. The van der Waals surface area contributed by atoms with Gasteiger partial charge in [-0.15, -0.1) is 0 Å². The summed E-state index contributed by atoms with van der Waals surface area (Å²) in [5.74, 6) is -0.362. The standard InChI is InChI=1S/C29H33NO4/c1-33-28(32)29(27(31)22-34-21-25-15-9-4-10-16-25)17-26(18-29)30(19-23-11-5-2-6-12-23)20-24-13-7-3-8-14-24/h2-16,26-27,31H,17-22H2,1H3. The van der Waals surface area contributed by atoms with E-state index in [1.54, 1.807) is 0 Å². The van der Waals surface area contributed by atoms with Gasteiger partial charge >= 0.3 is 5.97 Å². The summed E-state index contributed by atoms with van der Waals surface area (Å²) < 4.78 is 10.9. The molecule has 3 aromatic rings. The summed E-state index contributed by atoms with van der Waals surface area (Å²) in [5, 5.41) is 11.0. The van der Waals surface area contributed by atoms with Crippen molar-refractivity contribution in [2.24, 2.45) is 5.41 Å². The minimum atomic E-state index is -0.943. The Labute approximate surface area is 201 Å². The Balaban J connectivity index is 1.44. The molecule has 0 saturated heterocycles. The molecular weight excluding hydrogens is 426 g/mol. The fraction of sp³-hybridized carbons (Fsp3) is 0.345. The fourth-order valence-corrected chi connectivity index (χ4v) is 4.79. The first-order chi connectivity index (χ1) is 16.6. The van der Waals surface area contributed by atoms with E-state index in [0.29, 0.717) is 19.4 Å². The molecule has 0 spiro atoms. The van der Waals surface area contributed by atoms with Crippen molar-refractivity contribution in [2.45, 2.75) is 44.7 Å². The molecule has 34 heavy (non-hydrogen) atoms. The number of rotatable bonds is 11. The van der Waals surface area contributed by atoms with Crippen LogP contribution >= 0.6 is 0 Å². The maximum absolute atomic E-state index is 12.8. The van der Waals surface area contributed by atoms with E-state index in [0.717, 1.165) is 18.7 Å². The van der Waals surface area contributed by atoms with Crippen molar-refractivity contribution in [1.29, 1.82) is 0 Å². The molecule has 1 unspecified atom stereocenters. The molecule has 1 saturated carbocycles. The molecule has 0 heterocycles. The van der Waals surface area contributed by atoms with E-state index in [-0.39, 0.29) is 18.6 Å². The molecule has 178 valence electrons. The molecule has 1 aliphatic carbocycles. The number of carbonyl (C=O) groups excluding carboxylic acids is 1. The number of esters is 1. The Morgan fingerprint density at radius 3 is 1.82 bits per heavy atom. The van der Waals surface area contributed by atoms with Crippen molar-refractivity contribution < 1.29 is 19.4 Å². The molecular formula is C29H33NO4. The van der Waals surface area contributed by atoms with E-state index in [1.165, 1.54) is 18.2 Å². The van der Waals surface area contributed by atoms with Gasteiger partial charge in [0.15, 0.2) is 0 Å². The minimum absolute atomic E-state index is 0.0914. The number of methoxy groups -OCH3 is 1. The summed E-state index contributed by atoms with van der Waals surface area (Å²) in [4.78, 5) is 15.2. The predicted molar refractivity (Wildman–Crippen MR) is 132 cm³/mol. The van der Waals surface area contributed by atoms with E-state index in [9.17, 15) is 9.90 Å². The van der Waals surface area contributed by atoms with Crippen molar-refractivity contribution in [3.8, 4) is 0 Å². The van der Waals surface area contributed by atoms with E-state index >= 15 is 0 Å². The molecule has 1 atom stereocenters. The highest BCUT2D eigenvalue weighted by Crippen LogP contribution is 2.48. The van der Waals surface area contributed by atoms with Crippen molar-refractivity contribution in [1.82, 2.24) is 4.90 Å². The van der Waals surface area contributed by atoms with E-state index in [2.05, 4.69) is 29.2 Å². The number of aliphatic hydroxyl groups is 1. The third-order valence-corrected chi connectivity index (χ3v) is 6.79. The van der Waals surface area contributed by atoms with Crippen LogP contribution in [0.2, 0.25) is 0 Å². The first-order valence-corrected chi connectivity index (χ1v) is 11.8. The lowest BCUT2D eigenvalue weighted by Crippen LogP contribution is -2.60. The van der Waals surface area contributed by atoms with Crippen LogP contribution in [0.25, 0.3) is 0 Å². The number of carbonyl (C=O) groups is 1. The van der Waals surface area contributed by atoms with Crippen LogP contribution in [0.4, 0.5) is 0 Å². The summed E-state index contributed by atoms with van der Waals surface area (Å²) in [6.45, 7) is 2.04. The first-order valence-electron chi connectivity index (χ1n) is 11.8. The van der Waals surface area contributed by atoms with Gasteiger partial charge in [-0.3, -0.25) is 9.69 Å². The van der Waals surface area contributed by atoms with Crippen LogP contribution in [0.1, 0.15) is 29.5 Å². The van der Waals surface area contributed by atoms with Gasteiger partial charge in [0.2, 0.25) is 0 Å². The van der Waals surface area contributed by atoms with Gasteiger partial charge in [-0.25, -0.2) is 0 Å². The largest absolute Gasteiger partial charge is 0.469 e. The zero-order valence-corrected chi connectivity index (χ0v) is 19.7. The maximum atomic E-state index is 12.8. The van der Waals surface area contributed by atoms with E-state index in [1.807, 2.05) is 66.7 Å². The molecule has 0 aromatic heterocycles. The topological polar surface area (TPSA) is 59.0 Å². The number of ether oxygens (including phenoxy) is 2. The Bertz CT molecular complexity index is 978. The van der Waals surface area contributed by atoms with Gasteiger partial charge in [0.1, 0.15) is 0 Å². The normalized spacial score (nSPS) is 20.5. The third-order valence-electron chi connectivity index (χ3n) is 6.79. The second-order valence-corrected chi connectivity index (χ2v) is 9.10. The molecule has 0 amide bonds. The third kappa shape index (κ3) is 5.73. The van der Waals surface area contributed by atoms with Crippen LogP contribution in [-0.2, 0) is 34.0 Å². The Morgan fingerprint density at radius 1 is 0.882 bits per heavy atom. The van der Waals surface area contributed by atoms with Gasteiger partial charge in [0, 0.05) is 19.1 Å². The molecule has 5 nitrogen and oxygen atoms in total. The number of benzene rings is 3. The van der Waals surface area contributed by atoms with Gasteiger partial charge in [0.05, 0.1) is 31.8 Å². The predicted octanol–water partition coefficient (Wildman–Crippen LogP) is 4.59. The quantitative estimate of drug-likeness (QED) is 0.425. The van der Waals surface area contributed by atoms with Gasteiger partial charge in [-0.1, -0.05) is 91.0 Å². The molecule has 4 rings (SSSR count). The number of hydrogen-bond acceptors (Lipinski definition) is 5. The zero-order valence-electron chi connectivity index (χ0n) is 19.7. The molecule has 5 heteroatoms. The smallest absolute Gasteiger partial charge is 0.314 e. The molecule has 3 aromatic carbocycles. The molecule has 1 aliphatic rings. The number of hydrogen-bond donors (Lipinski definition) is 1. The van der Waals surface area contributed by atoms with Crippen LogP contribution in [0, 0.1) is 5.41 Å². The van der Waals surface area contributed by atoms with Gasteiger partial charge in [-0.2, -0.15) is 0 Å². The lowest BCUT2D eigenvalue weighted by molar-refractivity contribution is -0.183. The average molecular weight is 460 g/mol. The summed E-state index contributed by atoms with van der Waals surface area (Å²) in [6, 6.07) is 30.7. The monoisotopic (exact) mass is 459 g/mol. The van der Waals surface area contributed by atoms with Gasteiger partial charge in [-0.05, 0) is 29.5 Å². The zero-order chi connectivity index (χ0) is 23.8. The Kier molecular flexibility index (Phi) is 8.12. The van der Waals surface area contributed by atoms with Gasteiger partial charge in [0.25, 0.3) is 0 Å². The molecule has 0 radical (unpaired) electrons. The second kappa shape index (κ2) is 11.4. The highest BCUT2D eigenvalue weighted by atomic mass is 16.5. The second-order valence-electron chi connectivity index (χ2n) is 9.10. The van der Waals surface area contributed by atoms with E-state index in [4.69, 9.17) is 9.47 Å². The van der Waals surface area contributed by atoms with Crippen LogP contribution in [0.3, 0.4) is 0 Å². The van der Waals surface area contributed by atoms with E-state index < -0.39 is 11.5 Å². The van der Waals surface area contributed by atoms with Crippen LogP contribution < -0.4 is 0 Å². The molecule has 0 aliphatic heterocycles. The van der Waals surface area contributed by atoms with Crippen molar-refractivity contribution in [2.75, 3.05) is 13.7 Å². The summed E-state index contributed by atoms with van der Waals surface area (Å²) >= 11 is 0. The van der Waals surface area contributed by atoms with Crippen LogP contribution in [-0.4, -0.2) is 41.8 Å². The molecule has 1 N–H and O–H groups in total. The highest BCUT2D eigenvalue weighted by Gasteiger charge is 2.57. The highest BCUT2D eigenvalue weighted by molar-refractivity contribution is 5.79. The summed E-state index contributed by atoms with van der Waals surface area (Å²) in [7, 11) is 1.39. The lowest BCUT2D eigenvalue weighted by Gasteiger charge is -2.51. The van der Waals surface area contributed by atoms with Crippen molar-refractivity contribution in [3.05, 3.63) is 108 Å². The van der Waals surface area contributed by atoms with Crippen LogP contribution in [0.15, 0.2) is 91.0 Å². The minimum Gasteiger partial charge on any atom is -0.469 e. The summed E-state index contributed by atoms with van der Waals surface area (Å²) in [6.07, 6.45) is 0.153. The van der Waals surface area contributed by atoms with Crippen LogP contribution in [0.5, 0.6) is 0 Å². The summed E-state index contributed by atoms with van der Waals surface area (Å²) in [5.41, 5.74) is 2.54. The van der Waals surface area contributed by atoms with Gasteiger partial charge < -0.3 is 14.6 Å². The number of aliphatic hydroxyl groups excluding tert-OH is 1. The molecule has 1 fully saturated rings. The fourth-order valence-electron chi connectivity index (χ4n) is 4.79.